The topological polar surface area (TPSA) is 86.7 Å². The van der Waals surface area contributed by atoms with Crippen LogP contribution in [0.4, 0.5) is 5.69 Å². The molecule has 0 aromatic heterocycles. The van der Waals surface area contributed by atoms with Crippen LogP contribution in [-0.2, 0) is 10.0 Å². The number of hydrogen-bond acceptors (Lipinski definition) is 4. The van der Waals surface area contributed by atoms with Gasteiger partial charge < -0.3 is 10.4 Å². The van der Waals surface area contributed by atoms with E-state index < -0.39 is 16.1 Å². The van der Waals surface area contributed by atoms with Gasteiger partial charge >= 0.3 is 0 Å². The summed E-state index contributed by atoms with van der Waals surface area (Å²) in [5.41, 5.74) is 2.42. The summed E-state index contributed by atoms with van der Waals surface area (Å²) in [6, 6.07) is 26.7. The number of carbonyl (C=O) groups excluding carboxylic acids is 1. The monoisotopic (exact) mass is 472 g/mol. The first-order valence-electron chi connectivity index (χ1n) is 11.1. The number of aromatic hydroxyl groups is 1. The Hall–Kier alpha value is -3.84. The first-order valence-corrected chi connectivity index (χ1v) is 12.7. The summed E-state index contributed by atoms with van der Waals surface area (Å²) in [7, 11) is -3.28. The van der Waals surface area contributed by atoms with Crippen molar-refractivity contribution in [3.05, 3.63) is 108 Å². The van der Waals surface area contributed by atoms with Gasteiger partial charge in [0.25, 0.3) is 5.91 Å². The van der Waals surface area contributed by atoms with Crippen LogP contribution in [0.1, 0.15) is 33.9 Å². The van der Waals surface area contributed by atoms with Crippen LogP contribution in [0.3, 0.4) is 0 Å². The lowest BCUT2D eigenvalue weighted by Crippen LogP contribution is -2.30. The quantitative estimate of drug-likeness (QED) is 0.444. The first kappa shape index (κ1) is 22.0. The van der Waals surface area contributed by atoms with Gasteiger partial charge in [0.1, 0.15) is 5.75 Å². The Kier molecular flexibility index (Phi) is 5.71. The van der Waals surface area contributed by atoms with Gasteiger partial charge in [-0.3, -0.25) is 9.10 Å². The van der Waals surface area contributed by atoms with Gasteiger partial charge in [-0.25, -0.2) is 8.42 Å². The maximum atomic E-state index is 13.3. The van der Waals surface area contributed by atoms with E-state index in [1.807, 2.05) is 60.7 Å². The van der Waals surface area contributed by atoms with Crippen LogP contribution in [0.5, 0.6) is 5.75 Å². The molecule has 4 aromatic carbocycles. The normalized spacial score (nSPS) is 15.8. The molecule has 0 aliphatic carbocycles. The number of nitrogens with zero attached hydrogens (tertiary/aromatic N) is 1. The molecular formula is C27H24N2O4S. The van der Waals surface area contributed by atoms with Crippen LogP contribution < -0.4 is 9.62 Å². The molecule has 1 aliphatic heterocycles. The summed E-state index contributed by atoms with van der Waals surface area (Å²) in [6.07, 6.45) is 0.595. The van der Waals surface area contributed by atoms with E-state index in [9.17, 15) is 18.3 Å². The van der Waals surface area contributed by atoms with Crippen LogP contribution >= 0.6 is 0 Å². The molecule has 4 aromatic rings. The van der Waals surface area contributed by atoms with Crippen molar-refractivity contribution in [2.45, 2.75) is 12.5 Å². The minimum Gasteiger partial charge on any atom is -0.508 e. The second-order valence-corrected chi connectivity index (χ2v) is 10.3. The number of phenols is 1. The van der Waals surface area contributed by atoms with E-state index in [1.165, 1.54) is 4.31 Å². The number of nitrogens with one attached hydrogen (secondary N) is 1. The average Bonchev–Trinajstić information content (AvgIpc) is 3.22. The van der Waals surface area contributed by atoms with Crippen molar-refractivity contribution in [2.24, 2.45) is 0 Å². The molecule has 1 saturated heterocycles. The number of benzene rings is 4. The first-order chi connectivity index (χ1) is 16.4. The zero-order chi connectivity index (χ0) is 23.7. The maximum absolute atomic E-state index is 13.3. The van der Waals surface area contributed by atoms with Gasteiger partial charge in [-0.1, -0.05) is 60.7 Å². The predicted octanol–water partition coefficient (Wildman–Crippen LogP) is 4.60. The number of hydrogen-bond donors (Lipinski definition) is 2. The Balaban J connectivity index is 1.50. The van der Waals surface area contributed by atoms with Crippen molar-refractivity contribution >= 4 is 32.4 Å². The predicted molar refractivity (Wildman–Crippen MR) is 134 cm³/mol. The van der Waals surface area contributed by atoms with Crippen molar-refractivity contribution < 1.29 is 18.3 Å². The molecule has 0 saturated carbocycles. The molecule has 1 fully saturated rings. The Morgan fingerprint density at radius 2 is 1.59 bits per heavy atom. The fraction of sp³-hybridized carbons (Fsp3) is 0.148. The third-order valence-corrected chi connectivity index (χ3v) is 8.03. The Morgan fingerprint density at radius 3 is 2.29 bits per heavy atom. The molecule has 1 atom stereocenters. The van der Waals surface area contributed by atoms with E-state index in [4.69, 9.17) is 0 Å². The number of carbonyl (C=O) groups is 1. The largest absolute Gasteiger partial charge is 0.508 e. The number of rotatable bonds is 5. The Labute approximate surface area is 198 Å². The van der Waals surface area contributed by atoms with Crippen LogP contribution in [0.15, 0.2) is 91.0 Å². The lowest BCUT2D eigenvalue weighted by Gasteiger charge is -2.23. The summed E-state index contributed by atoms with van der Waals surface area (Å²) in [5, 5.41) is 15.7. The van der Waals surface area contributed by atoms with E-state index in [2.05, 4.69) is 5.32 Å². The standard InChI is InChI=1S/C27H24N2O4S/c30-24-16-13-19-7-4-5-10-23(19)25(24)26(20-8-2-1-3-9-20)28-27(31)21-11-14-22(15-12-21)29-17-6-18-34(29,32)33/h1-5,7-16,26,30H,6,17-18H2,(H,28,31). The third kappa shape index (κ3) is 4.10. The van der Waals surface area contributed by atoms with Crippen molar-refractivity contribution in [1.29, 1.82) is 0 Å². The van der Waals surface area contributed by atoms with E-state index in [1.54, 1.807) is 30.3 Å². The number of fused-ring (bicyclic) bond motifs is 1. The fourth-order valence-electron chi connectivity index (χ4n) is 4.48. The van der Waals surface area contributed by atoms with E-state index >= 15 is 0 Å². The van der Waals surface area contributed by atoms with Gasteiger partial charge in [0, 0.05) is 17.7 Å². The minimum absolute atomic E-state index is 0.0995. The molecular weight excluding hydrogens is 448 g/mol. The second kappa shape index (κ2) is 8.83. The lowest BCUT2D eigenvalue weighted by molar-refractivity contribution is 0.0943. The Morgan fingerprint density at radius 1 is 0.882 bits per heavy atom. The number of sulfonamides is 1. The van der Waals surface area contributed by atoms with Gasteiger partial charge in [-0.05, 0) is 53.1 Å². The highest BCUT2D eigenvalue weighted by Crippen LogP contribution is 2.36. The highest BCUT2D eigenvalue weighted by Gasteiger charge is 2.28. The van der Waals surface area contributed by atoms with Gasteiger partial charge in [0.05, 0.1) is 17.5 Å². The van der Waals surface area contributed by atoms with E-state index in [0.29, 0.717) is 29.8 Å². The molecule has 6 nitrogen and oxygen atoms in total. The summed E-state index contributed by atoms with van der Waals surface area (Å²) in [4.78, 5) is 13.3. The van der Waals surface area contributed by atoms with Crippen LogP contribution in [0.25, 0.3) is 10.8 Å². The van der Waals surface area contributed by atoms with Crippen molar-refractivity contribution in [3.8, 4) is 5.75 Å². The van der Waals surface area contributed by atoms with Gasteiger partial charge in [-0.15, -0.1) is 0 Å². The van der Waals surface area contributed by atoms with Crippen LogP contribution in [-0.4, -0.2) is 31.7 Å². The molecule has 2 N–H and O–H groups in total. The SMILES string of the molecule is O=C(NC(c1ccccc1)c1c(O)ccc2ccccc12)c1ccc(N2CCCS2(=O)=O)cc1. The van der Waals surface area contributed by atoms with Crippen molar-refractivity contribution in [3.63, 3.8) is 0 Å². The zero-order valence-electron chi connectivity index (χ0n) is 18.4. The zero-order valence-corrected chi connectivity index (χ0v) is 19.2. The summed E-state index contributed by atoms with van der Waals surface area (Å²) in [6.45, 7) is 0.449. The van der Waals surface area contributed by atoms with Gasteiger partial charge in [0.2, 0.25) is 10.0 Å². The highest BCUT2D eigenvalue weighted by atomic mass is 32.2. The molecule has 0 spiro atoms. The minimum atomic E-state index is -3.28. The van der Waals surface area contributed by atoms with Gasteiger partial charge in [0.15, 0.2) is 0 Å². The second-order valence-electron chi connectivity index (χ2n) is 8.33. The third-order valence-electron chi connectivity index (χ3n) is 6.16. The molecule has 34 heavy (non-hydrogen) atoms. The molecule has 7 heteroatoms. The number of anilines is 1. The molecule has 1 unspecified atom stereocenters. The number of phenolic OH excluding ortho intramolecular Hbond substituents is 1. The lowest BCUT2D eigenvalue weighted by atomic mass is 9.92. The van der Waals surface area contributed by atoms with Crippen LogP contribution in [0, 0.1) is 0 Å². The van der Waals surface area contributed by atoms with E-state index in [-0.39, 0.29) is 17.4 Å². The molecule has 0 radical (unpaired) electrons. The fourth-order valence-corrected chi connectivity index (χ4v) is 6.04. The number of amides is 1. The maximum Gasteiger partial charge on any atom is 0.252 e. The smallest absolute Gasteiger partial charge is 0.252 e. The van der Waals surface area contributed by atoms with Crippen molar-refractivity contribution in [1.82, 2.24) is 5.32 Å². The molecule has 1 aliphatic rings. The average molecular weight is 473 g/mol. The molecule has 1 amide bonds. The summed E-state index contributed by atoms with van der Waals surface area (Å²) >= 11 is 0. The highest BCUT2D eigenvalue weighted by molar-refractivity contribution is 7.93. The summed E-state index contributed by atoms with van der Waals surface area (Å²) < 4.78 is 25.8. The molecule has 0 bridgehead atoms. The molecule has 172 valence electrons. The summed E-state index contributed by atoms with van der Waals surface area (Å²) in [5.74, 6) is -0.0813. The molecule has 1 heterocycles. The Bertz CT molecular complexity index is 1450. The van der Waals surface area contributed by atoms with Gasteiger partial charge in [-0.2, -0.15) is 0 Å². The van der Waals surface area contributed by atoms with E-state index in [0.717, 1.165) is 16.3 Å². The van der Waals surface area contributed by atoms with Crippen LogP contribution in [0.2, 0.25) is 0 Å². The van der Waals surface area contributed by atoms with Crippen molar-refractivity contribution in [2.75, 3.05) is 16.6 Å². The molecule has 5 rings (SSSR count).